The summed E-state index contributed by atoms with van der Waals surface area (Å²) in [7, 11) is 0. The molecule has 0 aromatic heterocycles. The van der Waals surface area contributed by atoms with Crippen molar-refractivity contribution in [2.24, 2.45) is 0 Å². The van der Waals surface area contributed by atoms with Crippen molar-refractivity contribution in [3.8, 4) is 0 Å². The summed E-state index contributed by atoms with van der Waals surface area (Å²) in [5.74, 6) is -1.16. The number of rotatable bonds is 5. The fourth-order valence-electron chi connectivity index (χ4n) is 3.21. The van der Waals surface area contributed by atoms with Crippen molar-refractivity contribution in [3.05, 3.63) is 35.9 Å². The molecule has 1 aromatic carbocycles. The molecule has 0 spiro atoms. The molecule has 2 rings (SSSR count). The van der Waals surface area contributed by atoms with Crippen molar-refractivity contribution in [1.29, 1.82) is 0 Å². The van der Waals surface area contributed by atoms with Crippen LogP contribution in [0.2, 0.25) is 0 Å². The van der Waals surface area contributed by atoms with Gasteiger partial charge in [-0.05, 0) is 47.1 Å². The van der Waals surface area contributed by atoms with E-state index >= 15 is 0 Å². The minimum atomic E-state index is -0.965. The maximum Gasteiger partial charge on any atom is 0.417 e. The summed E-state index contributed by atoms with van der Waals surface area (Å²) >= 11 is 0. The number of esters is 1. The largest absolute Gasteiger partial charge is 0.460 e. The Morgan fingerprint density at radius 1 is 1.00 bits per heavy atom. The van der Waals surface area contributed by atoms with Gasteiger partial charge in [-0.15, -0.1) is 0 Å². The van der Waals surface area contributed by atoms with E-state index in [0.29, 0.717) is 0 Å². The van der Waals surface area contributed by atoms with Crippen LogP contribution in [-0.2, 0) is 30.4 Å². The molecule has 1 aromatic rings. The van der Waals surface area contributed by atoms with Crippen LogP contribution in [0.4, 0.5) is 9.59 Å². The number of ether oxygens (including phenoxy) is 3. The number of nitrogens with zero attached hydrogens (tertiary/aromatic N) is 1. The maximum atomic E-state index is 12.8. The van der Waals surface area contributed by atoms with Crippen molar-refractivity contribution in [2.75, 3.05) is 0 Å². The normalized spacial score (nSPS) is 18.8. The summed E-state index contributed by atoms with van der Waals surface area (Å²) in [5, 5.41) is 2.60. The first-order valence-corrected chi connectivity index (χ1v) is 10.5. The van der Waals surface area contributed by atoms with E-state index in [4.69, 9.17) is 14.2 Å². The van der Waals surface area contributed by atoms with Crippen LogP contribution in [-0.4, -0.2) is 52.2 Å². The standard InChI is InChI=1S/C23H32N2O7/c1-22(2,3)31-19(27)13-17-16(24-20(28)32-23(4,5)6)12-18(26)25(17)21(29)30-14-15-10-8-7-9-11-15/h7-11,16-17H,12-14H2,1-6H3,(H,24,28)/t16-,17+/m0/s1. The van der Waals surface area contributed by atoms with Crippen LogP contribution in [0, 0.1) is 0 Å². The molecule has 0 radical (unpaired) electrons. The van der Waals surface area contributed by atoms with Gasteiger partial charge in [0.15, 0.2) is 0 Å². The van der Waals surface area contributed by atoms with Gasteiger partial charge in [0, 0.05) is 6.42 Å². The number of hydrogen-bond acceptors (Lipinski definition) is 7. The van der Waals surface area contributed by atoms with Gasteiger partial charge in [-0.2, -0.15) is 0 Å². The summed E-state index contributed by atoms with van der Waals surface area (Å²) in [6, 6.07) is 7.21. The first-order chi connectivity index (χ1) is 14.7. The second-order valence-electron chi connectivity index (χ2n) is 9.62. The van der Waals surface area contributed by atoms with E-state index in [1.807, 2.05) is 6.07 Å². The van der Waals surface area contributed by atoms with E-state index in [2.05, 4.69) is 5.32 Å². The second-order valence-corrected chi connectivity index (χ2v) is 9.62. The molecule has 1 heterocycles. The highest BCUT2D eigenvalue weighted by Gasteiger charge is 2.46. The van der Waals surface area contributed by atoms with Crippen LogP contribution < -0.4 is 5.32 Å². The van der Waals surface area contributed by atoms with E-state index < -0.39 is 47.3 Å². The van der Waals surface area contributed by atoms with Gasteiger partial charge in [0.1, 0.15) is 17.8 Å². The third-order valence-electron chi connectivity index (χ3n) is 4.36. The SMILES string of the molecule is CC(C)(C)OC(=O)C[C@@H]1[C@@H](NC(=O)OC(C)(C)C)CC(=O)N1C(=O)OCc1ccccc1. The van der Waals surface area contributed by atoms with E-state index in [1.165, 1.54) is 0 Å². The molecule has 32 heavy (non-hydrogen) atoms. The highest BCUT2D eigenvalue weighted by atomic mass is 16.6. The molecule has 1 saturated heterocycles. The van der Waals surface area contributed by atoms with E-state index in [-0.39, 0.29) is 19.4 Å². The van der Waals surface area contributed by atoms with Crippen molar-refractivity contribution < 1.29 is 33.4 Å². The minimum Gasteiger partial charge on any atom is -0.460 e. The topological polar surface area (TPSA) is 111 Å². The lowest BCUT2D eigenvalue weighted by Gasteiger charge is -2.28. The van der Waals surface area contributed by atoms with Crippen LogP contribution in [0.25, 0.3) is 0 Å². The Kier molecular flexibility index (Phi) is 7.87. The number of likely N-dealkylation sites (tertiary alicyclic amines) is 1. The molecule has 0 unspecified atom stereocenters. The van der Waals surface area contributed by atoms with Crippen LogP contribution in [0.3, 0.4) is 0 Å². The smallest absolute Gasteiger partial charge is 0.417 e. The molecule has 9 heteroatoms. The average molecular weight is 449 g/mol. The molecule has 1 aliphatic heterocycles. The summed E-state index contributed by atoms with van der Waals surface area (Å²) in [5.41, 5.74) is -0.742. The lowest BCUT2D eigenvalue weighted by molar-refractivity contribution is -0.156. The van der Waals surface area contributed by atoms with E-state index in [0.717, 1.165) is 10.5 Å². The monoisotopic (exact) mass is 448 g/mol. The van der Waals surface area contributed by atoms with Gasteiger partial charge in [0.25, 0.3) is 0 Å². The molecule has 3 amide bonds. The lowest BCUT2D eigenvalue weighted by Crippen LogP contribution is -2.49. The van der Waals surface area contributed by atoms with E-state index in [9.17, 15) is 19.2 Å². The van der Waals surface area contributed by atoms with Gasteiger partial charge >= 0.3 is 18.2 Å². The molecule has 1 fully saturated rings. The number of alkyl carbamates (subject to hydrolysis) is 1. The van der Waals surface area contributed by atoms with E-state index in [1.54, 1.807) is 65.8 Å². The van der Waals surface area contributed by atoms with Crippen molar-refractivity contribution in [3.63, 3.8) is 0 Å². The van der Waals surface area contributed by atoms with Gasteiger partial charge in [-0.3, -0.25) is 9.59 Å². The Morgan fingerprint density at radius 2 is 1.59 bits per heavy atom. The van der Waals surface area contributed by atoms with Crippen molar-refractivity contribution >= 4 is 24.1 Å². The molecule has 176 valence electrons. The fraction of sp³-hybridized carbons (Fsp3) is 0.565. The zero-order valence-corrected chi connectivity index (χ0v) is 19.5. The number of carbonyl (C=O) groups excluding carboxylic acids is 4. The number of amides is 3. The fourth-order valence-corrected chi connectivity index (χ4v) is 3.21. The molecule has 0 saturated carbocycles. The summed E-state index contributed by atoms with van der Waals surface area (Å²) in [6.07, 6.45) is -2.10. The zero-order chi connectivity index (χ0) is 24.1. The molecule has 0 bridgehead atoms. The molecular formula is C23H32N2O7. The lowest BCUT2D eigenvalue weighted by atomic mass is 10.1. The summed E-state index contributed by atoms with van der Waals surface area (Å²) in [4.78, 5) is 51.0. The molecule has 9 nitrogen and oxygen atoms in total. The average Bonchev–Trinajstić information content (AvgIpc) is 2.92. The van der Waals surface area contributed by atoms with Gasteiger partial charge in [0.05, 0.1) is 18.5 Å². The molecule has 0 aliphatic carbocycles. The van der Waals surface area contributed by atoms with Gasteiger partial charge in [-0.25, -0.2) is 14.5 Å². The quantitative estimate of drug-likeness (QED) is 0.542. The van der Waals surface area contributed by atoms with Crippen molar-refractivity contribution in [2.45, 2.75) is 84.3 Å². The molecular weight excluding hydrogens is 416 g/mol. The molecule has 2 atom stereocenters. The van der Waals surface area contributed by atoms with Crippen LogP contribution >= 0.6 is 0 Å². The maximum absolute atomic E-state index is 12.8. The third kappa shape index (κ3) is 7.86. The van der Waals surface area contributed by atoms with Crippen LogP contribution in [0.1, 0.15) is 59.9 Å². The summed E-state index contributed by atoms with van der Waals surface area (Å²) in [6.45, 7) is 10.2. The second kappa shape index (κ2) is 10.0. The van der Waals surface area contributed by atoms with Crippen LogP contribution in [0.5, 0.6) is 0 Å². The highest BCUT2D eigenvalue weighted by Crippen LogP contribution is 2.26. The third-order valence-corrected chi connectivity index (χ3v) is 4.36. The first kappa shape index (κ1) is 25.2. The first-order valence-electron chi connectivity index (χ1n) is 10.5. The Hall–Kier alpha value is -3.10. The Bertz CT molecular complexity index is 840. The number of carbonyl (C=O) groups is 4. The van der Waals surface area contributed by atoms with Gasteiger partial charge in [-0.1, -0.05) is 30.3 Å². The molecule has 1 N–H and O–H groups in total. The number of nitrogens with one attached hydrogen (secondary N) is 1. The predicted molar refractivity (Wildman–Crippen MR) is 115 cm³/mol. The Labute approximate surface area is 188 Å². The predicted octanol–water partition coefficient (Wildman–Crippen LogP) is 3.55. The highest BCUT2D eigenvalue weighted by molar-refractivity contribution is 5.96. The number of benzene rings is 1. The molecule has 1 aliphatic rings. The van der Waals surface area contributed by atoms with Crippen molar-refractivity contribution in [1.82, 2.24) is 10.2 Å². The Balaban J connectivity index is 2.17. The number of hydrogen-bond donors (Lipinski definition) is 1. The van der Waals surface area contributed by atoms with Gasteiger partial charge in [0.2, 0.25) is 5.91 Å². The summed E-state index contributed by atoms with van der Waals surface area (Å²) < 4.78 is 15.9. The number of imide groups is 1. The van der Waals surface area contributed by atoms with Gasteiger partial charge < -0.3 is 19.5 Å². The van der Waals surface area contributed by atoms with Crippen LogP contribution in [0.15, 0.2) is 30.3 Å². The Morgan fingerprint density at radius 3 is 2.16 bits per heavy atom. The minimum absolute atomic E-state index is 0.0349. The zero-order valence-electron chi connectivity index (χ0n) is 19.5.